The zero-order valence-corrected chi connectivity index (χ0v) is 21.5. The van der Waals surface area contributed by atoms with Crippen molar-refractivity contribution in [3.8, 4) is 17.6 Å². The third-order valence-corrected chi connectivity index (χ3v) is 8.09. The lowest BCUT2D eigenvalue weighted by molar-refractivity contribution is 0.355. The van der Waals surface area contributed by atoms with Crippen LogP contribution in [0.3, 0.4) is 0 Å². The molecule has 10 heteroatoms. The number of methoxy groups -OCH3 is 2. The largest absolute Gasteiger partial charge is 0.493 e. The van der Waals surface area contributed by atoms with Crippen LogP contribution in [0, 0.1) is 25.2 Å². The number of ether oxygens (including phenoxy) is 2. The quantitative estimate of drug-likeness (QED) is 0.473. The lowest BCUT2D eigenvalue weighted by atomic mass is 10.2. The van der Waals surface area contributed by atoms with E-state index in [-0.39, 0.29) is 24.7 Å². The van der Waals surface area contributed by atoms with Gasteiger partial charge in [-0.1, -0.05) is 18.2 Å². The van der Waals surface area contributed by atoms with Gasteiger partial charge in [-0.05, 0) is 54.8 Å². The molecular weight excluding hydrogens is 480 g/mol. The fourth-order valence-corrected chi connectivity index (χ4v) is 5.80. The van der Waals surface area contributed by atoms with Crippen molar-refractivity contribution in [2.24, 2.45) is 0 Å². The number of oxazole rings is 1. The standard InChI is InChI=1S/C26H28N4O5S/c1-18-5-6-19(2)24(15-18)36(31,32)30-13-11-29(12-14-30)26-21(17-27)28-25(35-26)10-8-20-7-9-22(33-3)23(16-20)34-4/h5-10,15-16H,11-14H2,1-4H3/b10-8+. The van der Waals surface area contributed by atoms with Gasteiger partial charge in [-0.3, -0.25) is 0 Å². The van der Waals surface area contributed by atoms with Gasteiger partial charge in [0.15, 0.2) is 11.5 Å². The van der Waals surface area contributed by atoms with E-state index < -0.39 is 10.0 Å². The third-order valence-electron chi connectivity index (χ3n) is 6.04. The molecule has 0 radical (unpaired) electrons. The van der Waals surface area contributed by atoms with E-state index in [1.165, 1.54) is 4.31 Å². The molecule has 0 saturated carbocycles. The van der Waals surface area contributed by atoms with Crippen LogP contribution in [0.5, 0.6) is 11.5 Å². The second kappa shape index (κ2) is 10.4. The number of sulfonamides is 1. The van der Waals surface area contributed by atoms with E-state index in [0.717, 1.165) is 16.7 Å². The SMILES string of the molecule is COc1ccc(/C=C/c2nc(C#N)c(N3CCN(S(=O)(=O)c4cc(C)ccc4C)CC3)o2)cc1OC. The Morgan fingerprint density at radius 3 is 2.39 bits per heavy atom. The Morgan fingerprint density at radius 1 is 1.00 bits per heavy atom. The van der Waals surface area contributed by atoms with Gasteiger partial charge in [-0.2, -0.15) is 14.6 Å². The van der Waals surface area contributed by atoms with Crippen LogP contribution in [0.25, 0.3) is 12.2 Å². The van der Waals surface area contributed by atoms with Crippen LogP contribution in [0.4, 0.5) is 5.88 Å². The van der Waals surface area contributed by atoms with Crippen LogP contribution in [0.15, 0.2) is 45.7 Å². The normalized spacial score (nSPS) is 14.7. The van der Waals surface area contributed by atoms with Crippen LogP contribution in [-0.4, -0.2) is 58.1 Å². The van der Waals surface area contributed by atoms with Crippen LogP contribution in [0.1, 0.15) is 28.3 Å². The van der Waals surface area contributed by atoms with E-state index in [1.54, 1.807) is 45.4 Å². The van der Waals surface area contributed by atoms with Crippen molar-refractivity contribution < 1.29 is 22.3 Å². The summed E-state index contributed by atoms with van der Waals surface area (Å²) in [5, 5.41) is 9.60. The number of nitriles is 1. The highest BCUT2D eigenvalue weighted by atomic mass is 32.2. The fraction of sp³-hybridized carbons (Fsp3) is 0.308. The summed E-state index contributed by atoms with van der Waals surface area (Å²) in [7, 11) is -0.476. The van der Waals surface area contributed by atoms with E-state index in [0.29, 0.717) is 35.4 Å². The summed E-state index contributed by atoms with van der Waals surface area (Å²) >= 11 is 0. The van der Waals surface area contributed by atoms with Crippen molar-refractivity contribution in [1.29, 1.82) is 5.26 Å². The number of aryl methyl sites for hydroxylation is 2. The van der Waals surface area contributed by atoms with Crippen LogP contribution in [-0.2, 0) is 10.0 Å². The Morgan fingerprint density at radius 2 is 1.72 bits per heavy atom. The minimum absolute atomic E-state index is 0.160. The summed E-state index contributed by atoms with van der Waals surface area (Å²) in [4.78, 5) is 6.47. The number of rotatable bonds is 7. The van der Waals surface area contributed by atoms with Gasteiger partial charge in [0.2, 0.25) is 27.5 Å². The molecule has 3 aromatic rings. The first-order chi connectivity index (χ1) is 17.3. The second-order valence-corrected chi connectivity index (χ2v) is 10.3. The molecule has 0 N–H and O–H groups in total. The Labute approximate surface area is 211 Å². The van der Waals surface area contributed by atoms with Crippen molar-refractivity contribution in [2.45, 2.75) is 18.7 Å². The monoisotopic (exact) mass is 508 g/mol. The Kier molecular flexibility index (Phi) is 7.33. The van der Waals surface area contributed by atoms with E-state index in [1.807, 2.05) is 36.1 Å². The first-order valence-corrected chi connectivity index (χ1v) is 12.8. The molecule has 1 aliphatic rings. The molecule has 188 valence electrons. The molecule has 0 bridgehead atoms. The van der Waals surface area contributed by atoms with Gasteiger partial charge < -0.3 is 18.8 Å². The lowest BCUT2D eigenvalue weighted by Crippen LogP contribution is -2.48. The molecule has 1 aliphatic heterocycles. The predicted molar refractivity (Wildman–Crippen MR) is 137 cm³/mol. The smallest absolute Gasteiger partial charge is 0.243 e. The molecule has 0 spiro atoms. The molecule has 0 unspecified atom stereocenters. The summed E-state index contributed by atoms with van der Waals surface area (Å²) in [6, 6.07) is 13.0. The molecule has 0 amide bonds. The molecule has 0 atom stereocenters. The predicted octanol–water partition coefficient (Wildman–Crippen LogP) is 3.86. The van der Waals surface area contributed by atoms with Crippen molar-refractivity contribution >= 4 is 28.1 Å². The zero-order chi connectivity index (χ0) is 25.9. The van der Waals surface area contributed by atoms with E-state index in [2.05, 4.69) is 11.1 Å². The van der Waals surface area contributed by atoms with Gasteiger partial charge in [0.1, 0.15) is 6.07 Å². The second-order valence-electron chi connectivity index (χ2n) is 8.43. The first-order valence-electron chi connectivity index (χ1n) is 11.4. The molecule has 36 heavy (non-hydrogen) atoms. The molecule has 1 aromatic heterocycles. The summed E-state index contributed by atoms with van der Waals surface area (Å²) in [5.41, 5.74) is 2.62. The average molecular weight is 509 g/mol. The van der Waals surface area contributed by atoms with Crippen LogP contribution >= 0.6 is 0 Å². The van der Waals surface area contributed by atoms with E-state index >= 15 is 0 Å². The van der Waals surface area contributed by atoms with Crippen molar-refractivity contribution in [3.05, 3.63) is 64.7 Å². The number of aromatic nitrogens is 1. The number of benzene rings is 2. The summed E-state index contributed by atoms with van der Waals surface area (Å²) < 4.78 is 44.4. The molecule has 4 rings (SSSR count). The Hall–Kier alpha value is -3.81. The molecule has 2 heterocycles. The number of piperazine rings is 1. The topological polar surface area (TPSA) is 109 Å². The van der Waals surface area contributed by atoms with Crippen molar-refractivity contribution in [1.82, 2.24) is 9.29 Å². The van der Waals surface area contributed by atoms with Crippen LogP contribution in [0.2, 0.25) is 0 Å². The van der Waals surface area contributed by atoms with Gasteiger partial charge in [0.05, 0.1) is 19.1 Å². The Bertz CT molecular complexity index is 1430. The van der Waals surface area contributed by atoms with Crippen LogP contribution < -0.4 is 14.4 Å². The number of nitrogens with zero attached hydrogens (tertiary/aromatic N) is 4. The highest BCUT2D eigenvalue weighted by Gasteiger charge is 2.31. The number of anilines is 1. The summed E-state index contributed by atoms with van der Waals surface area (Å²) in [6.45, 7) is 4.99. The Balaban J connectivity index is 1.49. The summed E-state index contributed by atoms with van der Waals surface area (Å²) in [5.74, 6) is 1.84. The highest BCUT2D eigenvalue weighted by Crippen LogP contribution is 2.30. The maximum Gasteiger partial charge on any atom is 0.243 e. The third kappa shape index (κ3) is 5.08. The molecule has 0 aliphatic carbocycles. The zero-order valence-electron chi connectivity index (χ0n) is 20.7. The maximum absolute atomic E-state index is 13.2. The fourth-order valence-electron chi connectivity index (χ4n) is 4.07. The van der Waals surface area contributed by atoms with Crippen molar-refractivity contribution in [3.63, 3.8) is 0 Å². The first kappa shape index (κ1) is 25.3. The molecule has 9 nitrogen and oxygen atoms in total. The molecule has 1 fully saturated rings. The molecule has 1 saturated heterocycles. The lowest BCUT2D eigenvalue weighted by Gasteiger charge is -2.34. The maximum atomic E-state index is 13.2. The van der Waals surface area contributed by atoms with E-state index in [9.17, 15) is 13.7 Å². The van der Waals surface area contributed by atoms with Gasteiger partial charge in [0.25, 0.3) is 0 Å². The number of hydrogen-bond donors (Lipinski definition) is 0. The number of hydrogen-bond acceptors (Lipinski definition) is 8. The van der Waals surface area contributed by atoms with Gasteiger partial charge in [-0.15, -0.1) is 0 Å². The summed E-state index contributed by atoms with van der Waals surface area (Å²) in [6.07, 6.45) is 3.47. The average Bonchev–Trinajstić information content (AvgIpc) is 3.32. The van der Waals surface area contributed by atoms with Gasteiger partial charge in [-0.25, -0.2) is 8.42 Å². The van der Waals surface area contributed by atoms with Gasteiger partial charge in [0, 0.05) is 32.3 Å². The van der Waals surface area contributed by atoms with Crippen molar-refractivity contribution in [2.75, 3.05) is 45.3 Å². The van der Waals surface area contributed by atoms with Gasteiger partial charge >= 0.3 is 0 Å². The van der Waals surface area contributed by atoms with E-state index in [4.69, 9.17) is 13.9 Å². The highest BCUT2D eigenvalue weighted by molar-refractivity contribution is 7.89. The molecule has 2 aromatic carbocycles. The molecular formula is C26H28N4O5S. The minimum Gasteiger partial charge on any atom is -0.493 e. The minimum atomic E-state index is -3.62.